The van der Waals surface area contributed by atoms with E-state index in [9.17, 15) is 4.39 Å². The molecule has 5 heterocycles. The highest BCUT2D eigenvalue weighted by Crippen LogP contribution is 2.46. The summed E-state index contributed by atoms with van der Waals surface area (Å²) >= 11 is 0. The minimum atomic E-state index is -0.317. The van der Waals surface area contributed by atoms with Crippen molar-refractivity contribution in [1.82, 2.24) is 34.9 Å². The first-order chi connectivity index (χ1) is 18.3. The Balaban J connectivity index is 1.38. The normalized spacial score (nSPS) is 23.0. The summed E-state index contributed by atoms with van der Waals surface area (Å²) in [6.07, 6.45) is 2.64. The van der Waals surface area contributed by atoms with E-state index in [4.69, 9.17) is 15.7 Å². The molecule has 1 saturated carbocycles. The number of aromatic nitrogens is 7. The highest BCUT2D eigenvalue weighted by molar-refractivity contribution is 6.15. The lowest BCUT2D eigenvalue weighted by atomic mass is 9.98. The van der Waals surface area contributed by atoms with E-state index in [2.05, 4.69) is 42.7 Å². The minimum absolute atomic E-state index is 0.153. The molecule has 1 saturated heterocycles. The topological polar surface area (TPSA) is 138 Å². The van der Waals surface area contributed by atoms with Crippen LogP contribution in [0.2, 0.25) is 0 Å². The zero-order valence-corrected chi connectivity index (χ0v) is 21.7. The molecule has 1 aliphatic heterocycles. The smallest absolute Gasteiger partial charge is 0.231 e. The number of piperidine rings is 1. The van der Waals surface area contributed by atoms with E-state index in [0.717, 1.165) is 40.7 Å². The number of halogens is 1. The summed E-state index contributed by atoms with van der Waals surface area (Å²) in [6.45, 7) is 7.15. The van der Waals surface area contributed by atoms with Gasteiger partial charge in [-0.2, -0.15) is 9.97 Å². The van der Waals surface area contributed by atoms with Crippen LogP contribution in [0.1, 0.15) is 33.2 Å². The number of nitrogens with one attached hydrogen (secondary N) is 3. The van der Waals surface area contributed by atoms with E-state index in [0.29, 0.717) is 40.3 Å². The van der Waals surface area contributed by atoms with Gasteiger partial charge < -0.3 is 26.3 Å². The van der Waals surface area contributed by atoms with Crippen LogP contribution in [0.4, 0.5) is 27.5 Å². The molecule has 196 valence electrons. The number of rotatable bonds is 5. The van der Waals surface area contributed by atoms with Gasteiger partial charge in [-0.1, -0.05) is 12.1 Å². The Kier molecular flexibility index (Phi) is 4.99. The van der Waals surface area contributed by atoms with Gasteiger partial charge in [0.25, 0.3) is 0 Å². The first kappa shape index (κ1) is 23.1. The number of nitrogens with two attached hydrogens (primary N) is 1. The van der Waals surface area contributed by atoms with Crippen molar-refractivity contribution >= 4 is 56.2 Å². The number of benzene rings is 1. The molecule has 4 atom stereocenters. The summed E-state index contributed by atoms with van der Waals surface area (Å²) in [4.78, 5) is 20.1. The maximum absolute atomic E-state index is 14.7. The lowest BCUT2D eigenvalue weighted by Gasteiger charge is -2.31. The number of aromatic amines is 1. The lowest BCUT2D eigenvalue weighted by molar-refractivity contribution is 0.436. The second-order valence-electron chi connectivity index (χ2n) is 10.8. The van der Waals surface area contributed by atoms with Crippen LogP contribution in [0, 0.1) is 17.7 Å². The fourth-order valence-electron chi connectivity index (χ4n) is 6.35. The molecular weight excluding hydrogens is 485 g/mol. The Morgan fingerprint density at radius 1 is 1.21 bits per heavy atom. The van der Waals surface area contributed by atoms with Crippen molar-refractivity contribution in [3.63, 3.8) is 0 Å². The molecule has 4 aromatic heterocycles. The molecule has 2 aliphatic rings. The van der Waals surface area contributed by atoms with Crippen LogP contribution in [-0.4, -0.2) is 60.6 Å². The summed E-state index contributed by atoms with van der Waals surface area (Å²) in [5, 5.41) is 16.5. The van der Waals surface area contributed by atoms with Gasteiger partial charge in [-0.15, -0.1) is 5.10 Å². The zero-order chi connectivity index (χ0) is 26.3. The molecule has 12 heteroatoms. The van der Waals surface area contributed by atoms with Crippen LogP contribution in [0.3, 0.4) is 0 Å². The molecule has 1 aliphatic carbocycles. The second kappa shape index (κ2) is 8.22. The highest BCUT2D eigenvalue weighted by atomic mass is 19.1. The van der Waals surface area contributed by atoms with E-state index in [-0.39, 0.29) is 23.9 Å². The highest BCUT2D eigenvalue weighted by Gasteiger charge is 2.49. The van der Waals surface area contributed by atoms with Gasteiger partial charge >= 0.3 is 0 Å². The maximum Gasteiger partial charge on any atom is 0.231 e. The van der Waals surface area contributed by atoms with Crippen molar-refractivity contribution in [2.75, 3.05) is 29.1 Å². The number of anilines is 4. The molecule has 0 spiro atoms. The van der Waals surface area contributed by atoms with Crippen LogP contribution in [-0.2, 0) is 0 Å². The molecule has 1 unspecified atom stereocenters. The number of nitrogens with zero attached hydrogens (tertiary/aromatic N) is 7. The van der Waals surface area contributed by atoms with Gasteiger partial charge in [0.2, 0.25) is 5.95 Å². The van der Waals surface area contributed by atoms with E-state index < -0.39 is 0 Å². The molecule has 2 fully saturated rings. The summed E-state index contributed by atoms with van der Waals surface area (Å²) < 4.78 is 16.4. The number of hydrogen-bond donors (Lipinski definition) is 4. The minimum Gasteiger partial charge on any atom is -0.386 e. The first-order valence-electron chi connectivity index (χ1n) is 13.0. The molecular formula is C26H30FN11. The molecule has 1 aromatic carbocycles. The van der Waals surface area contributed by atoms with Crippen molar-refractivity contribution in [3.8, 4) is 0 Å². The number of fused-ring (bicyclic) bond motifs is 6. The predicted octanol–water partition coefficient (Wildman–Crippen LogP) is 3.93. The molecule has 7 rings (SSSR count). The zero-order valence-electron chi connectivity index (χ0n) is 21.7. The van der Waals surface area contributed by atoms with Gasteiger partial charge in [0, 0.05) is 31.1 Å². The molecule has 38 heavy (non-hydrogen) atoms. The van der Waals surface area contributed by atoms with E-state index >= 15 is 0 Å². The van der Waals surface area contributed by atoms with Crippen LogP contribution in [0.5, 0.6) is 0 Å². The van der Waals surface area contributed by atoms with Gasteiger partial charge in [-0.05, 0) is 50.3 Å². The van der Waals surface area contributed by atoms with Gasteiger partial charge in [0.1, 0.15) is 22.8 Å². The molecule has 5 aromatic rings. The first-order valence-corrected chi connectivity index (χ1v) is 13.0. The van der Waals surface area contributed by atoms with Crippen LogP contribution in [0.15, 0.2) is 24.4 Å². The molecule has 11 nitrogen and oxygen atoms in total. The predicted molar refractivity (Wildman–Crippen MR) is 146 cm³/mol. The molecule has 2 bridgehead atoms. The average molecular weight is 516 g/mol. The largest absolute Gasteiger partial charge is 0.386 e. The number of H-pyrrole nitrogens is 1. The standard InChI is InChI=1S/C26H30FN11/c1-11(2)38-24-19(35-36-38)7-14(9-30-24)31-26-33-23-21(15-5-13(27)6-18(29-4)22(15)32-23)25(34-26)37-10-16-12(3)20(37)8-17(16)28/h5-7,9,11-12,16-17,20,29H,8,10,28H2,1-4H3,(H2,31,32,33,34)/t12-,16?,17-,20+/m1/s1. The summed E-state index contributed by atoms with van der Waals surface area (Å²) in [6, 6.07) is 5.53. The second-order valence-corrected chi connectivity index (χ2v) is 10.8. The van der Waals surface area contributed by atoms with Crippen molar-refractivity contribution in [2.24, 2.45) is 17.6 Å². The monoisotopic (exact) mass is 515 g/mol. The maximum atomic E-state index is 14.7. The van der Waals surface area contributed by atoms with Gasteiger partial charge in [-0.25, -0.2) is 14.1 Å². The van der Waals surface area contributed by atoms with Crippen LogP contribution < -0.4 is 21.3 Å². The van der Waals surface area contributed by atoms with Crippen molar-refractivity contribution in [1.29, 1.82) is 0 Å². The quantitative estimate of drug-likeness (QED) is 0.274. The van der Waals surface area contributed by atoms with Crippen molar-refractivity contribution in [2.45, 2.75) is 45.3 Å². The fourth-order valence-corrected chi connectivity index (χ4v) is 6.35. The average Bonchev–Trinajstić information content (AvgIpc) is 3.62. The third-order valence-corrected chi connectivity index (χ3v) is 8.26. The van der Waals surface area contributed by atoms with Crippen molar-refractivity contribution in [3.05, 3.63) is 30.2 Å². The summed E-state index contributed by atoms with van der Waals surface area (Å²) in [7, 11) is 1.78. The van der Waals surface area contributed by atoms with Crippen molar-refractivity contribution < 1.29 is 4.39 Å². The van der Waals surface area contributed by atoms with Gasteiger partial charge in [0.15, 0.2) is 5.65 Å². The third-order valence-electron chi connectivity index (χ3n) is 8.26. The fraction of sp³-hybridized carbons (Fsp3) is 0.423. The Morgan fingerprint density at radius 3 is 2.76 bits per heavy atom. The van der Waals surface area contributed by atoms with Crippen LogP contribution >= 0.6 is 0 Å². The number of hydrogen-bond acceptors (Lipinski definition) is 9. The Bertz CT molecular complexity index is 1710. The molecule has 0 amide bonds. The van der Waals surface area contributed by atoms with Crippen LogP contribution in [0.25, 0.3) is 33.1 Å². The third kappa shape index (κ3) is 3.32. The lowest BCUT2D eigenvalue weighted by Crippen LogP contribution is -2.41. The summed E-state index contributed by atoms with van der Waals surface area (Å²) in [5.74, 6) is 1.73. The molecule has 5 N–H and O–H groups in total. The summed E-state index contributed by atoms with van der Waals surface area (Å²) in [5.41, 5.74) is 10.6. The number of pyridine rings is 1. The Labute approximate surface area is 218 Å². The van der Waals surface area contributed by atoms with Gasteiger partial charge in [-0.3, -0.25) is 0 Å². The van der Waals surface area contributed by atoms with Gasteiger partial charge in [0.05, 0.1) is 34.5 Å². The Morgan fingerprint density at radius 2 is 2.05 bits per heavy atom. The van der Waals surface area contributed by atoms with E-state index in [1.54, 1.807) is 24.0 Å². The SMILES string of the molecule is CNc1cc(F)cc2c1[nH]c1nc(Nc3cnc4c(c3)nnn4C(C)C)nc(N3CC4[C@H](N)C[C@H]3[C@@H]4C)c12. The van der Waals surface area contributed by atoms with E-state index in [1.807, 2.05) is 19.9 Å². The molecule has 0 radical (unpaired) electrons. The van der Waals surface area contributed by atoms with E-state index in [1.165, 1.54) is 6.07 Å². The Hall–Kier alpha value is -4.06.